The Bertz CT molecular complexity index is 955. The molecule has 2 aliphatic rings. The zero-order valence-electron chi connectivity index (χ0n) is 23.7. The van der Waals surface area contributed by atoms with Crippen LogP contribution in [0.5, 0.6) is 11.5 Å². The van der Waals surface area contributed by atoms with E-state index in [1.807, 2.05) is 48.5 Å². The van der Waals surface area contributed by atoms with E-state index in [-0.39, 0.29) is 51.0 Å². The molecule has 0 bridgehead atoms. The van der Waals surface area contributed by atoms with Crippen LogP contribution in [0, 0.1) is 0 Å². The molecule has 2 aromatic carbocycles. The smallest absolute Gasteiger partial charge is 0.119 e. The number of hydrogen-bond acceptors (Lipinski definition) is 12. The SMILES string of the molecule is Cl.Cl.O[C@H]1[C@H](O)[C@H](O)CN(Cc2ccc(OCCCOc3ccc(CN4C[C@@H](O)[C@@H](O)[C@H](O)[C@H](O)C4)cc3)cc2)C[C@H]1O. The average Bonchev–Trinajstić information content (AvgIpc) is 3.10. The number of rotatable bonds is 10. The molecule has 8 atom stereocenters. The Morgan fingerprint density at radius 1 is 0.488 bits per heavy atom. The predicted octanol–water partition coefficient (Wildman–Crippen LogP) is -1.10. The van der Waals surface area contributed by atoms with Crippen LogP contribution in [0.1, 0.15) is 17.5 Å². The Labute approximate surface area is 263 Å². The molecule has 0 aromatic heterocycles. The number of halogens is 2. The molecule has 244 valence electrons. The van der Waals surface area contributed by atoms with Crippen LogP contribution in [-0.4, -0.2) is 139 Å². The van der Waals surface area contributed by atoms with E-state index < -0.39 is 48.8 Å². The zero-order chi connectivity index (χ0) is 29.5. The molecule has 12 nitrogen and oxygen atoms in total. The number of nitrogens with zero attached hydrogens (tertiary/aromatic N) is 2. The molecule has 14 heteroatoms. The van der Waals surface area contributed by atoms with Gasteiger partial charge in [-0.05, 0) is 35.4 Å². The number of β-amino-alcohol motifs (C(OH)–C–C–N with tert-alkyl or cyclic N) is 4. The molecule has 2 fully saturated rings. The second-order valence-corrected chi connectivity index (χ2v) is 11.0. The molecule has 4 rings (SSSR count). The third kappa shape index (κ3) is 10.7. The van der Waals surface area contributed by atoms with Gasteiger partial charge in [0.15, 0.2) is 0 Å². The second-order valence-electron chi connectivity index (χ2n) is 11.0. The summed E-state index contributed by atoms with van der Waals surface area (Å²) in [7, 11) is 0. The summed E-state index contributed by atoms with van der Waals surface area (Å²) in [5.41, 5.74) is 1.88. The predicted molar refractivity (Wildman–Crippen MR) is 162 cm³/mol. The van der Waals surface area contributed by atoms with Crippen molar-refractivity contribution >= 4 is 24.8 Å². The summed E-state index contributed by atoms with van der Waals surface area (Å²) >= 11 is 0. The van der Waals surface area contributed by atoms with E-state index in [4.69, 9.17) is 9.47 Å². The number of benzene rings is 2. The standard InChI is InChI=1S/C29H42N2O10.2ClH/c32-22-14-30(15-23(33)27(37)26(22)36)12-18-2-6-20(7-3-18)40-10-1-11-41-21-8-4-19(5-9-21)13-31-16-24(34)28(38)29(39)25(35)17-31;;/h2-9,22-29,32-39H,1,10-17H2;2*1H/t22-,23-,24-,25-,26-,27-,28-,29-;;/m1../s1. The van der Waals surface area contributed by atoms with Gasteiger partial charge in [-0.3, -0.25) is 9.80 Å². The first-order chi connectivity index (χ1) is 19.6. The lowest BCUT2D eigenvalue weighted by Crippen LogP contribution is -2.43. The molecular weight excluding hydrogens is 607 g/mol. The molecule has 2 aliphatic heterocycles. The van der Waals surface area contributed by atoms with E-state index in [2.05, 4.69) is 0 Å². The van der Waals surface area contributed by atoms with Crippen LogP contribution in [0.4, 0.5) is 0 Å². The molecule has 0 unspecified atom stereocenters. The third-order valence-electron chi connectivity index (χ3n) is 7.54. The maximum atomic E-state index is 10.0. The minimum atomic E-state index is -1.39. The van der Waals surface area contributed by atoms with Gasteiger partial charge in [-0.15, -0.1) is 24.8 Å². The van der Waals surface area contributed by atoms with Crippen molar-refractivity contribution in [3.8, 4) is 11.5 Å². The van der Waals surface area contributed by atoms with Gasteiger partial charge < -0.3 is 50.3 Å². The Hall–Kier alpha value is -1.78. The molecular formula is C29H44Cl2N2O10. The van der Waals surface area contributed by atoms with Gasteiger partial charge in [0.1, 0.15) is 35.9 Å². The first-order valence-electron chi connectivity index (χ1n) is 13.9. The average molecular weight is 652 g/mol. The Balaban J connectivity index is 0.00000323. The van der Waals surface area contributed by atoms with Gasteiger partial charge >= 0.3 is 0 Å². The van der Waals surface area contributed by atoms with Crippen molar-refractivity contribution < 1.29 is 50.3 Å². The van der Waals surface area contributed by atoms with Gasteiger partial charge in [-0.2, -0.15) is 0 Å². The molecule has 0 radical (unpaired) electrons. The Morgan fingerprint density at radius 2 is 0.767 bits per heavy atom. The number of aliphatic hydroxyl groups is 8. The molecule has 0 saturated carbocycles. The summed E-state index contributed by atoms with van der Waals surface area (Å²) in [5.74, 6) is 1.40. The summed E-state index contributed by atoms with van der Waals surface area (Å²) in [4.78, 5) is 3.57. The fourth-order valence-electron chi connectivity index (χ4n) is 5.15. The van der Waals surface area contributed by atoms with Gasteiger partial charge in [0.05, 0.1) is 37.6 Å². The van der Waals surface area contributed by atoms with Crippen molar-refractivity contribution in [2.24, 2.45) is 0 Å². The van der Waals surface area contributed by atoms with Gasteiger partial charge in [0, 0.05) is 45.7 Å². The van der Waals surface area contributed by atoms with E-state index >= 15 is 0 Å². The normalized spacial score (nSPS) is 30.3. The van der Waals surface area contributed by atoms with Crippen LogP contribution in [0.15, 0.2) is 48.5 Å². The first-order valence-corrected chi connectivity index (χ1v) is 13.9. The Kier molecular flexibility index (Phi) is 15.3. The highest BCUT2D eigenvalue weighted by Gasteiger charge is 2.37. The quantitative estimate of drug-likeness (QED) is 0.145. The fraction of sp³-hybridized carbons (Fsp3) is 0.586. The van der Waals surface area contributed by atoms with Crippen molar-refractivity contribution in [2.45, 2.75) is 68.3 Å². The first kappa shape index (κ1) is 37.4. The van der Waals surface area contributed by atoms with Crippen LogP contribution < -0.4 is 9.47 Å². The van der Waals surface area contributed by atoms with Crippen LogP contribution in [0.25, 0.3) is 0 Å². The van der Waals surface area contributed by atoms with E-state index in [1.54, 1.807) is 9.80 Å². The second kappa shape index (κ2) is 17.6. The van der Waals surface area contributed by atoms with Gasteiger partial charge in [0.2, 0.25) is 0 Å². The molecule has 2 heterocycles. The molecule has 43 heavy (non-hydrogen) atoms. The highest BCUT2D eigenvalue weighted by Crippen LogP contribution is 2.20. The van der Waals surface area contributed by atoms with Crippen LogP contribution in [-0.2, 0) is 13.1 Å². The fourth-order valence-corrected chi connectivity index (χ4v) is 5.15. The monoisotopic (exact) mass is 650 g/mol. The molecule has 0 amide bonds. The van der Waals surface area contributed by atoms with Crippen molar-refractivity contribution in [2.75, 3.05) is 39.4 Å². The van der Waals surface area contributed by atoms with Crippen molar-refractivity contribution in [1.29, 1.82) is 0 Å². The number of hydrogen-bond donors (Lipinski definition) is 8. The van der Waals surface area contributed by atoms with E-state index in [0.717, 1.165) is 11.1 Å². The third-order valence-corrected chi connectivity index (χ3v) is 7.54. The van der Waals surface area contributed by atoms with Gasteiger partial charge in [0.25, 0.3) is 0 Å². The summed E-state index contributed by atoms with van der Waals surface area (Å²) < 4.78 is 11.6. The maximum Gasteiger partial charge on any atom is 0.119 e. The summed E-state index contributed by atoms with van der Waals surface area (Å²) in [6.07, 6.45) is -9.48. The number of likely N-dealkylation sites (tertiary alicyclic amines) is 2. The van der Waals surface area contributed by atoms with E-state index in [0.29, 0.717) is 44.2 Å². The van der Waals surface area contributed by atoms with Crippen molar-refractivity contribution in [1.82, 2.24) is 9.80 Å². The molecule has 2 aromatic rings. The summed E-state index contributed by atoms with van der Waals surface area (Å²) in [6.45, 7) is 2.34. The summed E-state index contributed by atoms with van der Waals surface area (Å²) in [6, 6.07) is 14.9. The lowest BCUT2D eigenvalue weighted by Gasteiger charge is -2.23. The zero-order valence-corrected chi connectivity index (χ0v) is 25.3. The van der Waals surface area contributed by atoms with E-state index in [9.17, 15) is 40.9 Å². The van der Waals surface area contributed by atoms with Crippen molar-refractivity contribution in [3.63, 3.8) is 0 Å². The molecule has 0 spiro atoms. The van der Waals surface area contributed by atoms with Crippen LogP contribution >= 0.6 is 24.8 Å². The van der Waals surface area contributed by atoms with Gasteiger partial charge in [-0.1, -0.05) is 24.3 Å². The minimum absolute atomic E-state index is 0. The van der Waals surface area contributed by atoms with Crippen molar-refractivity contribution in [3.05, 3.63) is 59.7 Å². The topological polar surface area (TPSA) is 187 Å². The highest BCUT2D eigenvalue weighted by molar-refractivity contribution is 5.85. The Morgan fingerprint density at radius 3 is 1.05 bits per heavy atom. The lowest BCUT2D eigenvalue weighted by molar-refractivity contribution is -0.0894. The summed E-state index contributed by atoms with van der Waals surface area (Å²) in [5, 5.41) is 79.6. The number of ether oxygens (including phenoxy) is 2. The van der Waals surface area contributed by atoms with Crippen LogP contribution in [0.2, 0.25) is 0 Å². The lowest BCUT2D eigenvalue weighted by atomic mass is 10.1. The van der Waals surface area contributed by atoms with Crippen LogP contribution in [0.3, 0.4) is 0 Å². The number of aliphatic hydroxyl groups excluding tert-OH is 8. The maximum absolute atomic E-state index is 10.0. The van der Waals surface area contributed by atoms with E-state index in [1.165, 1.54) is 0 Å². The van der Waals surface area contributed by atoms with Gasteiger partial charge in [-0.25, -0.2) is 0 Å². The highest BCUT2D eigenvalue weighted by atomic mass is 35.5. The molecule has 0 aliphatic carbocycles. The minimum Gasteiger partial charge on any atom is -0.493 e. The molecule has 8 N–H and O–H groups in total. The molecule has 2 saturated heterocycles. The largest absolute Gasteiger partial charge is 0.493 e.